The van der Waals surface area contributed by atoms with E-state index in [2.05, 4.69) is 29.6 Å². The Bertz CT molecular complexity index is 445. The molecule has 1 rings (SSSR count). The van der Waals surface area contributed by atoms with Crippen molar-refractivity contribution in [1.82, 2.24) is 5.32 Å². The van der Waals surface area contributed by atoms with Gasteiger partial charge in [0.15, 0.2) is 0 Å². The predicted molar refractivity (Wildman–Crippen MR) is 121 cm³/mol. The van der Waals surface area contributed by atoms with Gasteiger partial charge in [-0.3, -0.25) is 10.1 Å². The minimum Gasteiger partial charge on any atom is -0.463 e. The van der Waals surface area contributed by atoms with Gasteiger partial charge in [0.05, 0.1) is 12.7 Å². The van der Waals surface area contributed by atoms with Crippen molar-refractivity contribution >= 4 is 12.4 Å². The van der Waals surface area contributed by atoms with E-state index < -0.39 is 12.3 Å². The highest BCUT2D eigenvalue weighted by atomic mass is 16.5. The van der Waals surface area contributed by atoms with Gasteiger partial charge in [0.1, 0.15) is 11.8 Å². The van der Waals surface area contributed by atoms with Crippen molar-refractivity contribution in [3.63, 3.8) is 0 Å². The van der Waals surface area contributed by atoms with Crippen LogP contribution in [0, 0.1) is 0 Å². The number of esters is 1. The lowest BCUT2D eigenvalue weighted by atomic mass is 9.93. The standard InChI is InChI=1S/C11H19NO4.C5H10O2.C5H12.CH5N/c1-3-16-11(15)8-4-5-9(10(14)6-8)12-7(2)13;1-5(2,3)7-4-6;1-3-5-4-2;1-2/h6-7,9-10,12-14H,3-5H2,1-2H3;4H,1-3H3;3-5H2,1-2H3;2H2,1H3. The van der Waals surface area contributed by atoms with E-state index in [1.165, 1.54) is 32.4 Å². The molecular weight excluding hydrogens is 388 g/mol. The second-order valence-corrected chi connectivity index (χ2v) is 7.57. The van der Waals surface area contributed by atoms with E-state index in [0.29, 0.717) is 31.5 Å². The number of unbranched alkanes of at least 4 members (excludes halogenated alkanes) is 2. The molecule has 5 N–H and O–H groups in total. The SMILES string of the molecule is CC(C)(C)OC=O.CCCCC.CCOC(=O)C1=CC(O)C(NC(C)O)CC1.CN. The van der Waals surface area contributed by atoms with Crippen molar-refractivity contribution in [2.75, 3.05) is 13.7 Å². The summed E-state index contributed by atoms with van der Waals surface area (Å²) in [6.45, 7) is 14.0. The number of aliphatic hydroxyl groups is 2. The van der Waals surface area contributed by atoms with Crippen LogP contribution in [0.5, 0.6) is 0 Å². The van der Waals surface area contributed by atoms with E-state index in [1.807, 2.05) is 20.8 Å². The third-order valence-electron chi connectivity index (χ3n) is 3.61. The molecule has 0 saturated heterocycles. The zero-order valence-electron chi connectivity index (χ0n) is 20.2. The number of nitrogens with one attached hydrogen (secondary N) is 1. The maximum atomic E-state index is 11.4. The zero-order valence-corrected chi connectivity index (χ0v) is 20.2. The van der Waals surface area contributed by atoms with Crippen LogP contribution in [0.4, 0.5) is 0 Å². The van der Waals surface area contributed by atoms with Crippen LogP contribution in [0.2, 0.25) is 0 Å². The van der Waals surface area contributed by atoms with E-state index in [4.69, 9.17) is 9.84 Å². The van der Waals surface area contributed by atoms with Gasteiger partial charge < -0.3 is 25.4 Å². The number of hydrogen-bond acceptors (Lipinski definition) is 8. The molecule has 0 amide bonds. The summed E-state index contributed by atoms with van der Waals surface area (Å²) >= 11 is 0. The fourth-order valence-corrected chi connectivity index (χ4v) is 2.27. The molecule has 0 aromatic heterocycles. The van der Waals surface area contributed by atoms with Crippen LogP contribution in [-0.4, -0.2) is 60.3 Å². The van der Waals surface area contributed by atoms with Crippen LogP contribution in [0.15, 0.2) is 11.6 Å². The molecule has 0 aliphatic heterocycles. The van der Waals surface area contributed by atoms with Crippen LogP contribution >= 0.6 is 0 Å². The Balaban J connectivity index is -0.000000432. The van der Waals surface area contributed by atoms with Crippen LogP contribution in [0.25, 0.3) is 0 Å². The Morgan fingerprint density at radius 3 is 2.10 bits per heavy atom. The predicted octanol–water partition coefficient (Wildman–Crippen LogP) is 2.66. The molecule has 8 heteroatoms. The van der Waals surface area contributed by atoms with E-state index in [9.17, 15) is 14.7 Å². The summed E-state index contributed by atoms with van der Waals surface area (Å²) in [4.78, 5) is 21.0. The van der Waals surface area contributed by atoms with Crippen molar-refractivity contribution in [2.45, 2.75) is 105 Å². The molecule has 0 bridgehead atoms. The highest BCUT2D eigenvalue weighted by Gasteiger charge is 2.26. The number of ether oxygens (including phenoxy) is 2. The molecule has 30 heavy (non-hydrogen) atoms. The van der Waals surface area contributed by atoms with Gasteiger partial charge in [-0.1, -0.05) is 33.1 Å². The highest BCUT2D eigenvalue weighted by molar-refractivity contribution is 5.88. The Morgan fingerprint density at radius 1 is 1.30 bits per heavy atom. The summed E-state index contributed by atoms with van der Waals surface area (Å²) in [6.07, 6.45) is 5.31. The summed E-state index contributed by atoms with van der Waals surface area (Å²) in [5.41, 5.74) is 4.69. The molecule has 1 aliphatic rings. The first-order chi connectivity index (χ1) is 14.0. The van der Waals surface area contributed by atoms with Crippen molar-refractivity contribution < 1.29 is 29.3 Å². The number of aliphatic hydroxyl groups excluding tert-OH is 2. The first kappa shape index (κ1) is 33.2. The molecule has 1 aliphatic carbocycles. The Kier molecular flexibility index (Phi) is 23.0. The third-order valence-corrected chi connectivity index (χ3v) is 3.61. The molecule has 0 saturated carbocycles. The van der Waals surface area contributed by atoms with E-state index in [0.717, 1.165) is 0 Å². The number of hydrogen-bond donors (Lipinski definition) is 4. The summed E-state index contributed by atoms with van der Waals surface area (Å²) in [5.74, 6) is -0.364. The van der Waals surface area contributed by atoms with Crippen LogP contribution in [0.1, 0.15) is 80.6 Å². The molecule has 0 heterocycles. The quantitative estimate of drug-likeness (QED) is 0.273. The fourth-order valence-electron chi connectivity index (χ4n) is 2.27. The van der Waals surface area contributed by atoms with E-state index in [1.54, 1.807) is 13.8 Å². The average Bonchev–Trinajstić information content (AvgIpc) is 2.65. The number of carbonyl (C=O) groups is 2. The Labute approximate surface area is 183 Å². The number of nitrogens with two attached hydrogens (primary N) is 1. The third kappa shape index (κ3) is 21.2. The average molecular weight is 435 g/mol. The Hall–Kier alpha value is -1.48. The second kappa shape index (κ2) is 20.8. The van der Waals surface area contributed by atoms with Gasteiger partial charge in [0, 0.05) is 11.6 Å². The number of carbonyl (C=O) groups excluding carboxylic acids is 2. The highest BCUT2D eigenvalue weighted by Crippen LogP contribution is 2.20. The van der Waals surface area contributed by atoms with E-state index >= 15 is 0 Å². The van der Waals surface area contributed by atoms with Gasteiger partial charge in [0.25, 0.3) is 6.47 Å². The zero-order chi connectivity index (χ0) is 24.2. The van der Waals surface area contributed by atoms with Crippen LogP contribution in [0.3, 0.4) is 0 Å². The topological polar surface area (TPSA) is 131 Å². The van der Waals surface area contributed by atoms with Crippen molar-refractivity contribution in [3.05, 3.63) is 11.6 Å². The summed E-state index contributed by atoms with van der Waals surface area (Å²) < 4.78 is 9.41. The summed E-state index contributed by atoms with van der Waals surface area (Å²) in [6, 6.07) is -0.210. The first-order valence-electron chi connectivity index (χ1n) is 10.7. The number of rotatable bonds is 7. The lowest BCUT2D eigenvalue weighted by molar-refractivity contribution is -0.139. The fraction of sp³-hybridized carbons (Fsp3) is 0.818. The van der Waals surface area contributed by atoms with Gasteiger partial charge in [-0.2, -0.15) is 0 Å². The molecule has 0 spiro atoms. The molecule has 0 fully saturated rings. The minimum absolute atomic E-state index is 0.210. The maximum absolute atomic E-state index is 11.4. The normalized spacial score (nSPS) is 18.6. The first-order valence-corrected chi connectivity index (χ1v) is 10.7. The Morgan fingerprint density at radius 2 is 1.83 bits per heavy atom. The van der Waals surface area contributed by atoms with Crippen molar-refractivity contribution in [1.29, 1.82) is 0 Å². The minimum atomic E-state index is -0.761. The van der Waals surface area contributed by atoms with Crippen molar-refractivity contribution in [3.8, 4) is 0 Å². The second-order valence-electron chi connectivity index (χ2n) is 7.57. The molecule has 8 nitrogen and oxygen atoms in total. The van der Waals surface area contributed by atoms with Crippen LogP contribution < -0.4 is 11.1 Å². The lowest BCUT2D eigenvalue weighted by Gasteiger charge is -2.28. The lowest BCUT2D eigenvalue weighted by Crippen LogP contribution is -2.45. The molecule has 180 valence electrons. The van der Waals surface area contributed by atoms with Gasteiger partial charge in [-0.15, -0.1) is 0 Å². The monoisotopic (exact) mass is 434 g/mol. The summed E-state index contributed by atoms with van der Waals surface area (Å²) in [5, 5.41) is 21.7. The molecule has 3 unspecified atom stereocenters. The van der Waals surface area contributed by atoms with Gasteiger partial charge >= 0.3 is 5.97 Å². The van der Waals surface area contributed by atoms with Gasteiger partial charge in [-0.25, -0.2) is 4.79 Å². The molecule has 3 atom stereocenters. The molecule has 0 aromatic carbocycles. The van der Waals surface area contributed by atoms with Crippen LogP contribution in [-0.2, 0) is 19.1 Å². The molecule has 0 aromatic rings. The summed E-state index contributed by atoms with van der Waals surface area (Å²) in [7, 11) is 1.50. The molecule has 0 radical (unpaired) electrons. The maximum Gasteiger partial charge on any atom is 0.333 e. The van der Waals surface area contributed by atoms with Crippen molar-refractivity contribution in [2.24, 2.45) is 5.73 Å². The van der Waals surface area contributed by atoms with Gasteiger partial charge in [0.2, 0.25) is 0 Å². The van der Waals surface area contributed by atoms with Gasteiger partial charge in [-0.05, 0) is 60.6 Å². The van der Waals surface area contributed by atoms with E-state index in [-0.39, 0.29) is 17.6 Å². The largest absolute Gasteiger partial charge is 0.463 e. The smallest absolute Gasteiger partial charge is 0.333 e. The molecular formula is C22H46N2O6.